The van der Waals surface area contributed by atoms with Crippen LogP contribution < -0.4 is 10.2 Å². The van der Waals surface area contributed by atoms with E-state index in [1.807, 2.05) is 6.92 Å². The zero-order valence-corrected chi connectivity index (χ0v) is 14.7. The Hall–Kier alpha value is -2.19. The van der Waals surface area contributed by atoms with E-state index < -0.39 is 5.97 Å². The number of ether oxygens (including phenoxy) is 2. The molecule has 0 aliphatic carbocycles. The number of carbonyl (C=O) groups is 2. The van der Waals surface area contributed by atoms with Gasteiger partial charge in [0.2, 0.25) is 5.91 Å². The van der Waals surface area contributed by atoms with E-state index in [0.717, 1.165) is 12.8 Å². The molecular weight excluding hydrogens is 326 g/mol. The van der Waals surface area contributed by atoms with Crippen molar-refractivity contribution in [1.82, 2.24) is 4.98 Å². The van der Waals surface area contributed by atoms with Crippen molar-refractivity contribution in [1.29, 1.82) is 0 Å². The summed E-state index contributed by atoms with van der Waals surface area (Å²) in [5, 5.41) is 12.2. The Kier molecular flexibility index (Phi) is 7.15. The average molecular weight is 351 g/mol. The number of unbranched alkanes of at least 4 members (excludes halogenated alkanes) is 1. The molecule has 8 nitrogen and oxygen atoms in total. The monoisotopic (exact) mass is 351 g/mol. The van der Waals surface area contributed by atoms with E-state index in [9.17, 15) is 14.7 Å². The third kappa shape index (κ3) is 5.68. The number of likely N-dealkylation sites (N-methyl/N-ethyl adjacent to an activating group) is 1. The van der Waals surface area contributed by atoms with Crippen LogP contribution in [-0.4, -0.2) is 61.5 Å². The molecule has 1 atom stereocenters. The van der Waals surface area contributed by atoms with E-state index in [1.165, 1.54) is 12.3 Å². The summed E-state index contributed by atoms with van der Waals surface area (Å²) in [6.45, 7) is 4.04. The minimum atomic E-state index is -1.10. The molecule has 0 aromatic carbocycles. The van der Waals surface area contributed by atoms with Crippen molar-refractivity contribution in [2.24, 2.45) is 0 Å². The van der Waals surface area contributed by atoms with Gasteiger partial charge in [-0.1, -0.05) is 13.3 Å². The Balaban J connectivity index is 2.09. The molecule has 1 unspecified atom stereocenters. The van der Waals surface area contributed by atoms with Crippen LogP contribution in [-0.2, 0) is 14.3 Å². The van der Waals surface area contributed by atoms with Crippen molar-refractivity contribution in [3.05, 3.63) is 17.8 Å². The number of carboxylic acid groups (broad SMARTS) is 1. The molecule has 0 bridgehead atoms. The van der Waals surface area contributed by atoms with Crippen molar-refractivity contribution in [3.63, 3.8) is 0 Å². The second-order valence-electron chi connectivity index (χ2n) is 6.00. The number of nitrogens with one attached hydrogen (secondary N) is 1. The van der Waals surface area contributed by atoms with Gasteiger partial charge in [0.05, 0.1) is 37.8 Å². The molecule has 8 heteroatoms. The van der Waals surface area contributed by atoms with Gasteiger partial charge < -0.3 is 24.8 Å². The molecule has 138 valence electrons. The molecule has 1 aliphatic heterocycles. The lowest BCUT2D eigenvalue weighted by Crippen LogP contribution is -2.39. The van der Waals surface area contributed by atoms with Crippen LogP contribution in [0.2, 0.25) is 0 Å². The van der Waals surface area contributed by atoms with Gasteiger partial charge in [0.15, 0.2) is 0 Å². The number of aromatic carboxylic acids is 1. The molecule has 1 amide bonds. The maximum atomic E-state index is 11.8. The third-order valence-corrected chi connectivity index (χ3v) is 3.86. The highest BCUT2D eigenvalue weighted by Gasteiger charge is 2.21. The molecule has 0 spiro atoms. The summed E-state index contributed by atoms with van der Waals surface area (Å²) >= 11 is 0. The molecule has 2 N–H and O–H groups in total. The van der Waals surface area contributed by atoms with Crippen LogP contribution >= 0.6 is 0 Å². The lowest BCUT2D eigenvalue weighted by molar-refractivity contribution is -0.116. The fourth-order valence-corrected chi connectivity index (χ4v) is 2.58. The van der Waals surface area contributed by atoms with Gasteiger partial charge in [0, 0.05) is 20.0 Å². The highest BCUT2D eigenvalue weighted by atomic mass is 16.6. The van der Waals surface area contributed by atoms with E-state index in [4.69, 9.17) is 9.47 Å². The second kappa shape index (κ2) is 9.33. The second-order valence-corrected chi connectivity index (χ2v) is 6.00. The summed E-state index contributed by atoms with van der Waals surface area (Å²) in [7, 11) is 1.76. The summed E-state index contributed by atoms with van der Waals surface area (Å²) in [5.74, 6) is -0.915. The van der Waals surface area contributed by atoms with E-state index in [-0.39, 0.29) is 17.6 Å². The van der Waals surface area contributed by atoms with Gasteiger partial charge in [0.1, 0.15) is 11.4 Å². The number of hydrogen-bond acceptors (Lipinski definition) is 6. The van der Waals surface area contributed by atoms with Crippen molar-refractivity contribution in [3.8, 4) is 0 Å². The molecule has 1 saturated heterocycles. The molecule has 1 aromatic rings. The maximum absolute atomic E-state index is 11.8. The molecule has 0 saturated carbocycles. The fourth-order valence-electron chi connectivity index (χ4n) is 2.58. The van der Waals surface area contributed by atoms with Gasteiger partial charge in [-0.05, 0) is 12.5 Å². The summed E-state index contributed by atoms with van der Waals surface area (Å²) in [5.41, 5.74) is 0.417. The van der Waals surface area contributed by atoms with E-state index in [2.05, 4.69) is 10.3 Å². The summed E-state index contributed by atoms with van der Waals surface area (Å²) < 4.78 is 10.9. The maximum Gasteiger partial charge on any atom is 0.339 e. The number of hydrogen-bond donors (Lipinski definition) is 2. The van der Waals surface area contributed by atoms with Crippen LogP contribution in [0.5, 0.6) is 0 Å². The lowest BCUT2D eigenvalue weighted by Gasteiger charge is -2.28. The Morgan fingerprint density at radius 1 is 1.44 bits per heavy atom. The highest BCUT2D eigenvalue weighted by molar-refractivity contribution is 5.96. The van der Waals surface area contributed by atoms with Crippen molar-refractivity contribution >= 4 is 23.4 Å². The zero-order chi connectivity index (χ0) is 18.2. The smallest absolute Gasteiger partial charge is 0.339 e. The van der Waals surface area contributed by atoms with Crippen molar-refractivity contribution < 1.29 is 24.2 Å². The number of carboxylic acids is 1. The summed E-state index contributed by atoms with van der Waals surface area (Å²) in [4.78, 5) is 29.4. The minimum absolute atomic E-state index is 0.0347. The first-order valence-electron chi connectivity index (χ1n) is 8.45. The minimum Gasteiger partial charge on any atom is -0.478 e. The number of anilines is 2. The van der Waals surface area contributed by atoms with Crippen LogP contribution in [0, 0.1) is 0 Å². The van der Waals surface area contributed by atoms with Gasteiger partial charge in [0.25, 0.3) is 0 Å². The zero-order valence-electron chi connectivity index (χ0n) is 14.7. The third-order valence-electron chi connectivity index (χ3n) is 3.86. The molecular formula is C17H25N3O5. The van der Waals surface area contributed by atoms with Crippen molar-refractivity contribution in [2.45, 2.75) is 32.3 Å². The summed E-state index contributed by atoms with van der Waals surface area (Å²) in [6, 6.07) is 1.43. The van der Waals surface area contributed by atoms with E-state index in [1.54, 1.807) is 11.9 Å². The predicted octanol–water partition coefficient (Wildman–Crippen LogP) is 1.76. The number of aromatic nitrogens is 1. The Morgan fingerprint density at radius 2 is 2.24 bits per heavy atom. The first-order valence-corrected chi connectivity index (χ1v) is 8.45. The molecule has 2 heterocycles. The van der Waals surface area contributed by atoms with Crippen LogP contribution in [0.25, 0.3) is 0 Å². The van der Waals surface area contributed by atoms with Gasteiger partial charge in [-0.15, -0.1) is 0 Å². The first kappa shape index (κ1) is 19.1. The van der Waals surface area contributed by atoms with Gasteiger partial charge in [-0.25, -0.2) is 9.78 Å². The molecule has 1 aliphatic rings. The van der Waals surface area contributed by atoms with E-state index in [0.29, 0.717) is 44.3 Å². The van der Waals surface area contributed by atoms with Gasteiger partial charge in [-0.3, -0.25) is 4.79 Å². The highest BCUT2D eigenvalue weighted by Crippen LogP contribution is 2.21. The Bertz CT molecular complexity index is 602. The SMILES string of the molecule is CCCCC(=O)Nc1cnc(N(C)CC2COCCO2)c(C(=O)O)c1. The van der Waals surface area contributed by atoms with Crippen LogP contribution in [0.15, 0.2) is 12.3 Å². The number of pyridine rings is 1. The van der Waals surface area contributed by atoms with Crippen molar-refractivity contribution in [2.75, 3.05) is 43.6 Å². The average Bonchev–Trinajstić information content (AvgIpc) is 2.60. The number of carbonyl (C=O) groups excluding carboxylic acids is 1. The predicted molar refractivity (Wildman–Crippen MR) is 93.2 cm³/mol. The normalized spacial score (nSPS) is 17.1. The standard InChI is InChI=1S/C17H25N3O5/c1-3-4-5-15(21)19-12-8-14(17(22)23)16(18-9-12)20(2)10-13-11-24-6-7-25-13/h8-9,13H,3-7,10-11H2,1-2H3,(H,19,21)(H,22,23). The molecule has 25 heavy (non-hydrogen) atoms. The lowest BCUT2D eigenvalue weighted by atomic mass is 10.2. The number of rotatable bonds is 8. The quantitative estimate of drug-likeness (QED) is 0.736. The Labute approximate surface area is 147 Å². The van der Waals surface area contributed by atoms with Crippen LogP contribution in [0.1, 0.15) is 36.5 Å². The number of nitrogens with zero attached hydrogens (tertiary/aromatic N) is 2. The fraction of sp³-hybridized carbons (Fsp3) is 0.588. The van der Waals surface area contributed by atoms with E-state index >= 15 is 0 Å². The Morgan fingerprint density at radius 3 is 2.88 bits per heavy atom. The van der Waals surface area contributed by atoms with Crippen LogP contribution in [0.4, 0.5) is 11.5 Å². The van der Waals surface area contributed by atoms with Crippen LogP contribution in [0.3, 0.4) is 0 Å². The molecule has 1 fully saturated rings. The topological polar surface area (TPSA) is 101 Å². The molecule has 2 rings (SSSR count). The first-order chi connectivity index (χ1) is 12.0. The molecule has 1 aromatic heterocycles. The summed E-state index contributed by atoms with van der Waals surface area (Å²) in [6.07, 6.45) is 3.45. The number of amides is 1. The molecule has 0 radical (unpaired) electrons. The van der Waals surface area contributed by atoms with Gasteiger partial charge in [-0.2, -0.15) is 0 Å². The largest absolute Gasteiger partial charge is 0.478 e. The van der Waals surface area contributed by atoms with Gasteiger partial charge >= 0.3 is 5.97 Å².